The van der Waals surface area contributed by atoms with E-state index in [1.807, 2.05) is 32.2 Å². The smallest absolute Gasteiger partial charge is 0.0870 e. The van der Waals surface area contributed by atoms with Crippen molar-refractivity contribution in [1.82, 2.24) is 5.32 Å². The lowest BCUT2D eigenvalue weighted by Gasteiger charge is -2.39. The van der Waals surface area contributed by atoms with Gasteiger partial charge in [0.15, 0.2) is 0 Å². The quantitative estimate of drug-likeness (QED) is 0.777. The van der Waals surface area contributed by atoms with Crippen LogP contribution in [0, 0.1) is 0 Å². The van der Waals surface area contributed by atoms with Crippen molar-refractivity contribution in [3.8, 4) is 0 Å². The number of hydrogen-bond acceptors (Lipinski definition) is 2. The summed E-state index contributed by atoms with van der Waals surface area (Å²) in [5.41, 5.74) is 0.884. The Labute approximate surface area is 126 Å². The second-order valence-corrected chi connectivity index (χ2v) is 5.41. The van der Waals surface area contributed by atoms with Gasteiger partial charge in [-0.2, -0.15) is 0 Å². The zero-order valence-electron chi connectivity index (χ0n) is 12.1. The lowest BCUT2D eigenvalue weighted by Crippen LogP contribution is -2.44. The molecule has 1 aromatic rings. The first-order valence-electron chi connectivity index (χ1n) is 6.80. The minimum absolute atomic E-state index is 0.0946. The van der Waals surface area contributed by atoms with E-state index in [0.717, 1.165) is 18.4 Å². The van der Waals surface area contributed by atoms with Crippen molar-refractivity contribution in [2.24, 2.45) is 0 Å². The zero-order valence-corrected chi connectivity index (χ0v) is 13.6. The number of hydrogen-bond donors (Lipinski definition) is 1. The molecule has 2 nitrogen and oxygen atoms in total. The van der Waals surface area contributed by atoms with E-state index >= 15 is 0 Å². The SMILES string of the molecule is CCOC(CC)(CC)C(NC)c1ccc(Cl)c(Cl)c1. The lowest BCUT2D eigenvalue weighted by atomic mass is 9.84. The van der Waals surface area contributed by atoms with E-state index in [2.05, 4.69) is 19.2 Å². The van der Waals surface area contributed by atoms with Crippen molar-refractivity contribution in [2.45, 2.75) is 45.3 Å². The Balaban J connectivity index is 3.18. The van der Waals surface area contributed by atoms with Crippen LogP contribution in [-0.4, -0.2) is 19.3 Å². The third-order valence-electron chi connectivity index (χ3n) is 3.72. The second-order valence-electron chi connectivity index (χ2n) is 4.60. The standard InChI is InChI=1S/C15H23Cl2NO/c1-5-15(6-2,19-7-3)14(18-4)11-8-9-12(16)13(17)10-11/h8-10,14,18H,5-7H2,1-4H3. The van der Waals surface area contributed by atoms with Crippen LogP contribution >= 0.6 is 23.2 Å². The summed E-state index contributed by atoms with van der Waals surface area (Å²) in [6.45, 7) is 7.03. The molecule has 1 atom stereocenters. The van der Waals surface area contributed by atoms with Gasteiger partial charge in [0.25, 0.3) is 0 Å². The average molecular weight is 304 g/mol. The summed E-state index contributed by atoms with van der Waals surface area (Å²) >= 11 is 12.1. The van der Waals surface area contributed by atoms with Crippen LogP contribution in [0.25, 0.3) is 0 Å². The molecule has 19 heavy (non-hydrogen) atoms. The molecule has 1 rings (SSSR count). The van der Waals surface area contributed by atoms with E-state index < -0.39 is 0 Å². The topological polar surface area (TPSA) is 21.3 Å². The van der Waals surface area contributed by atoms with E-state index in [1.54, 1.807) is 0 Å². The Bertz CT molecular complexity index is 405. The van der Waals surface area contributed by atoms with Crippen LogP contribution < -0.4 is 5.32 Å². The van der Waals surface area contributed by atoms with Crippen molar-refractivity contribution in [2.75, 3.05) is 13.7 Å². The number of ether oxygens (including phenoxy) is 1. The maximum absolute atomic E-state index is 6.13. The molecule has 4 heteroatoms. The van der Waals surface area contributed by atoms with Gasteiger partial charge in [-0.15, -0.1) is 0 Å². The summed E-state index contributed by atoms with van der Waals surface area (Å²) in [4.78, 5) is 0. The number of nitrogens with one attached hydrogen (secondary N) is 1. The first-order chi connectivity index (χ1) is 9.04. The van der Waals surface area contributed by atoms with E-state index in [0.29, 0.717) is 16.7 Å². The lowest BCUT2D eigenvalue weighted by molar-refractivity contribution is -0.0717. The third-order valence-corrected chi connectivity index (χ3v) is 4.46. The fraction of sp³-hybridized carbons (Fsp3) is 0.600. The van der Waals surface area contributed by atoms with Crippen molar-refractivity contribution in [3.05, 3.63) is 33.8 Å². The first-order valence-corrected chi connectivity index (χ1v) is 7.56. The van der Waals surface area contributed by atoms with Gasteiger partial charge in [0.2, 0.25) is 0 Å². The Morgan fingerprint density at radius 1 is 1.16 bits per heavy atom. The third kappa shape index (κ3) is 3.63. The fourth-order valence-electron chi connectivity index (χ4n) is 2.66. The van der Waals surface area contributed by atoms with Crippen LogP contribution in [0.15, 0.2) is 18.2 Å². The summed E-state index contributed by atoms with van der Waals surface area (Å²) in [6.07, 6.45) is 1.87. The van der Waals surface area contributed by atoms with Gasteiger partial charge in [-0.25, -0.2) is 0 Å². The van der Waals surface area contributed by atoms with Gasteiger partial charge in [0, 0.05) is 6.61 Å². The summed E-state index contributed by atoms with van der Waals surface area (Å²) in [5, 5.41) is 4.53. The summed E-state index contributed by atoms with van der Waals surface area (Å²) in [7, 11) is 1.95. The molecule has 0 fully saturated rings. The molecule has 1 N–H and O–H groups in total. The van der Waals surface area contributed by atoms with Gasteiger partial charge in [-0.3, -0.25) is 0 Å². The molecule has 0 saturated carbocycles. The van der Waals surface area contributed by atoms with Gasteiger partial charge in [0.1, 0.15) is 0 Å². The first kappa shape index (κ1) is 16.8. The fourth-order valence-corrected chi connectivity index (χ4v) is 2.97. The molecular weight excluding hydrogens is 281 g/mol. The molecule has 108 valence electrons. The minimum atomic E-state index is -0.222. The van der Waals surface area contributed by atoms with Crippen LogP contribution in [0.5, 0.6) is 0 Å². The molecule has 0 heterocycles. The summed E-state index contributed by atoms with van der Waals surface area (Å²) in [6, 6.07) is 5.86. The molecule has 0 spiro atoms. The molecule has 0 aliphatic rings. The van der Waals surface area contributed by atoms with Gasteiger partial charge in [0.05, 0.1) is 21.7 Å². The molecule has 0 bridgehead atoms. The molecular formula is C15H23Cl2NO. The number of likely N-dealkylation sites (N-methyl/N-ethyl adjacent to an activating group) is 1. The highest BCUT2D eigenvalue weighted by atomic mass is 35.5. The Morgan fingerprint density at radius 2 is 1.79 bits per heavy atom. The molecule has 0 saturated heterocycles. The Morgan fingerprint density at radius 3 is 2.21 bits per heavy atom. The predicted octanol–water partition coefficient (Wildman–Crippen LogP) is 4.85. The van der Waals surface area contributed by atoms with Crippen molar-refractivity contribution < 1.29 is 4.74 Å². The highest BCUT2D eigenvalue weighted by Crippen LogP contribution is 2.37. The molecule has 1 unspecified atom stereocenters. The van der Waals surface area contributed by atoms with E-state index in [4.69, 9.17) is 27.9 Å². The van der Waals surface area contributed by atoms with E-state index in [9.17, 15) is 0 Å². The number of rotatable bonds is 7. The van der Waals surface area contributed by atoms with Crippen LogP contribution in [-0.2, 0) is 4.74 Å². The summed E-state index contributed by atoms with van der Waals surface area (Å²) in [5.74, 6) is 0. The minimum Gasteiger partial charge on any atom is -0.373 e. The van der Waals surface area contributed by atoms with Crippen molar-refractivity contribution in [1.29, 1.82) is 0 Å². The molecule has 0 aliphatic heterocycles. The molecule has 0 amide bonds. The highest BCUT2D eigenvalue weighted by molar-refractivity contribution is 6.42. The van der Waals surface area contributed by atoms with Gasteiger partial charge >= 0.3 is 0 Å². The summed E-state index contributed by atoms with van der Waals surface area (Å²) < 4.78 is 6.07. The number of benzene rings is 1. The van der Waals surface area contributed by atoms with Crippen LogP contribution in [0.4, 0.5) is 0 Å². The van der Waals surface area contributed by atoms with Gasteiger partial charge < -0.3 is 10.1 Å². The van der Waals surface area contributed by atoms with Crippen molar-refractivity contribution in [3.63, 3.8) is 0 Å². The maximum atomic E-state index is 6.13. The maximum Gasteiger partial charge on any atom is 0.0870 e. The van der Waals surface area contributed by atoms with Gasteiger partial charge in [-0.05, 0) is 44.5 Å². The molecule has 0 aliphatic carbocycles. The van der Waals surface area contributed by atoms with Crippen LogP contribution in [0.2, 0.25) is 10.0 Å². The van der Waals surface area contributed by atoms with Gasteiger partial charge in [-0.1, -0.05) is 43.1 Å². The monoisotopic (exact) mass is 303 g/mol. The van der Waals surface area contributed by atoms with E-state index in [1.165, 1.54) is 0 Å². The van der Waals surface area contributed by atoms with Crippen molar-refractivity contribution >= 4 is 23.2 Å². The van der Waals surface area contributed by atoms with Crippen LogP contribution in [0.3, 0.4) is 0 Å². The molecule has 1 aromatic carbocycles. The predicted molar refractivity (Wildman–Crippen MR) is 83.2 cm³/mol. The van der Waals surface area contributed by atoms with Crippen LogP contribution in [0.1, 0.15) is 45.2 Å². The molecule has 0 radical (unpaired) electrons. The van der Waals surface area contributed by atoms with E-state index in [-0.39, 0.29) is 11.6 Å². The average Bonchev–Trinajstić information content (AvgIpc) is 2.42. The Kier molecular flexibility index (Phi) is 6.61. The Hall–Kier alpha value is -0.280. The number of halogens is 2. The zero-order chi connectivity index (χ0) is 14.5. The largest absolute Gasteiger partial charge is 0.373 e. The second kappa shape index (κ2) is 7.49. The normalized spacial score (nSPS) is 13.6. The highest BCUT2D eigenvalue weighted by Gasteiger charge is 2.36. The molecule has 0 aromatic heterocycles.